The molecule has 0 bridgehead atoms. The number of nitrogens with zero attached hydrogens (tertiary/aromatic N) is 2. The molecule has 1 aromatic rings. The molecule has 0 atom stereocenters. The molecule has 1 aromatic carbocycles. The highest BCUT2D eigenvalue weighted by Crippen LogP contribution is 2.21. The Kier molecular flexibility index (Phi) is 4.66. The predicted molar refractivity (Wildman–Crippen MR) is 83.1 cm³/mol. The maximum atomic E-state index is 12.4. The fourth-order valence-electron chi connectivity index (χ4n) is 2.56. The highest BCUT2D eigenvalue weighted by atomic mass is 16.2. The molecule has 2 rings (SSSR count). The molecule has 0 saturated carbocycles. The molecule has 0 unspecified atom stereocenters. The van der Waals surface area contributed by atoms with E-state index in [1.54, 1.807) is 29.2 Å². The smallest absolute Gasteiger partial charge is 0.242 e. The summed E-state index contributed by atoms with van der Waals surface area (Å²) in [6, 6.07) is 8.99. The fraction of sp³-hybridized carbons (Fsp3) is 0.438. The second-order valence-corrected chi connectivity index (χ2v) is 5.93. The number of anilines is 1. The van der Waals surface area contributed by atoms with Gasteiger partial charge in [0.05, 0.1) is 18.2 Å². The number of carbonyl (C=O) groups excluding carboxylic acids is 2. The molecule has 6 nitrogen and oxygen atoms in total. The molecular weight excluding hydrogens is 280 g/mol. The molecule has 22 heavy (non-hydrogen) atoms. The SMILES string of the molecule is CC1(C)CC(=O)NCCN1C(=O)CNc1ccc(C#N)cc1. The molecule has 2 N–H and O–H groups in total. The maximum absolute atomic E-state index is 12.4. The zero-order valence-electron chi connectivity index (χ0n) is 12.8. The Morgan fingerprint density at radius 1 is 1.41 bits per heavy atom. The summed E-state index contributed by atoms with van der Waals surface area (Å²) in [5, 5.41) is 14.6. The Balaban J connectivity index is 1.98. The lowest BCUT2D eigenvalue weighted by atomic mass is 9.98. The number of hydrogen-bond acceptors (Lipinski definition) is 4. The summed E-state index contributed by atoms with van der Waals surface area (Å²) in [4.78, 5) is 25.8. The van der Waals surface area contributed by atoms with Gasteiger partial charge in [0.2, 0.25) is 11.8 Å². The minimum absolute atomic E-state index is 0.0275. The second-order valence-electron chi connectivity index (χ2n) is 5.93. The van der Waals surface area contributed by atoms with Crippen molar-refractivity contribution in [3.8, 4) is 6.07 Å². The van der Waals surface area contributed by atoms with E-state index in [9.17, 15) is 9.59 Å². The Morgan fingerprint density at radius 2 is 2.09 bits per heavy atom. The van der Waals surface area contributed by atoms with Gasteiger partial charge in [0.15, 0.2) is 0 Å². The highest BCUT2D eigenvalue weighted by Gasteiger charge is 2.34. The van der Waals surface area contributed by atoms with Crippen LogP contribution in [-0.2, 0) is 9.59 Å². The quantitative estimate of drug-likeness (QED) is 0.875. The van der Waals surface area contributed by atoms with Crippen LogP contribution in [0.4, 0.5) is 5.69 Å². The third kappa shape index (κ3) is 3.76. The van der Waals surface area contributed by atoms with Gasteiger partial charge in [-0.3, -0.25) is 9.59 Å². The third-order valence-corrected chi connectivity index (χ3v) is 3.74. The van der Waals surface area contributed by atoms with Gasteiger partial charge in [-0.25, -0.2) is 0 Å². The summed E-state index contributed by atoms with van der Waals surface area (Å²) in [7, 11) is 0. The first kappa shape index (κ1) is 15.8. The van der Waals surface area contributed by atoms with E-state index >= 15 is 0 Å². The first-order chi connectivity index (χ1) is 10.4. The third-order valence-electron chi connectivity index (χ3n) is 3.74. The van der Waals surface area contributed by atoms with Crippen molar-refractivity contribution in [2.24, 2.45) is 0 Å². The van der Waals surface area contributed by atoms with E-state index < -0.39 is 5.54 Å². The van der Waals surface area contributed by atoms with Crippen molar-refractivity contribution in [3.63, 3.8) is 0 Å². The molecule has 1 heterocycles. The monoisotopic (exact) mass is 300 g/mol. The van der Waals surface area contributed by atoms with Crippen molar-refractivity contribution in [2.45, 2.75) is 25.8 Å². The van der Waals surface area contributed by atoms with E-state index in [2.05, 4.69) is 16.7 Å². The van der Waals surface area contributed by atoms with Crippen LogP contribution in [0.15, 0.2) is 24.3 Å². The van der Waals surface area contributed by atoms with Gasteiger partial charge in [0.1, 0.15) is 0 Å². The molecule has 1 aliphatic rings. The zero-order valence-corrected chi connectivity index (χ0v) is 12.8. The highest BCUT2D eigenvalue weighted by molar-refractivity contribution is 5.84. The summed E-state index contributed by atoms with van der Waals surface area (Å²) in [6.07, 6.45) is 0.301. The lowest BCUT2D eigenvalue weighted by molar-refractivity contribution is -0.134. The van der Waals surface area contributed by atoms with Crippen LogP contribution in [0.25, 0.3) is 0 Å². The van der Waals surface area contributed by atoms with Gasteiger partial charge in [-0.05, 0) is 38.1 Å². The first-order valence-electron chi connectivity index (χ1n) is 7.23. The molecular formula is C16H20N4O2. The number of rotatable bonds is 3. The van der Waals surface area contributed by atoms with Crippen molar-refractivity contribution >= 4 is 17.5 Å². The van der Waals surface area contributed by atoms with Gasteiger partial charge in [0.25, 0.3) is 0 Å². The van der Waals surface area contributed by atoms with E-state index in [0.717, 1.165) is 5.69 Å². The summed E-state index contributed by atoms with van der Waals surface area (Å²) < 4.78 is 0. The lowest BCUT2D eigenvalue weighted by Gasteiger charge is -2.36. The normalized spacial score (nSPS) is 17.1. The van der Waals surface area contributed by atoms with Crippen LogP contribution in [0.3, 0.4) is 0 Å². The predicted octanol–water partition coefficient (Wildman–Crippen LogP) is 1.10. The molecule has 0 aromatic heterocycles. The number of carbonyl (C=O) groups is 2. The van der Waals surface area contributed by atoms with Crippen LogP contribution in [0.1, 0.15) is 25.8 Å². The summed E-state index contributed by atoms with van der Waals surface area (Å²) in [6.45, 7) is 4.94. The van der Waals surface area contributed by atoms with Gasteiger partial charge in [-0.2, -0.15) is 5.26 Å². The number of nitrogens with one attached hydrogen (secondary N) is 2. The Labute approximate surface area is 130 Å². The molecule has 0 radical (unpaired) electrons. The van der Waals surface area contributed by atoms with Crippen molar-refractivity contribution in [1.29, 1.82) is 5.26 Å². The van der Waals surface area contributed by atoms with Crippen LogP contribution in [0, 0.1) is 11.3 Å². The van der Waals surface area contributed by atoms with Gasteiger partial charge < -0.3 is 15.5 Å². The van der Waals surface area contributed by atoms with Crippen LogP contribution < -0.4 is 10.6 Å². The van der Waals surface area contributed by atoms with E-state index in [4.69, 9.17) is 5.26 Å². The Morgan fingerprint density at radius 3 is 2.73 bits per heavy atom. The molecule has 2 amide bonds. The number of nitriles is 1. The van der Waals surface area contributed by atoms with E-state index in [1.165, 1.54) is 0 Å². The number of hydrogen-bond donors (Lipinski definition) is 2. The summed E-state index contributed by atoms with van der Waals surface area (Å²) >= 11 is 0. The van der Waals surface area contributed by atoms with Crippen molar-refractivity contribution < 1.29 is 9.59 Å². The Bertz CT molecular complexity index is 602. The van der Waals surface area contributed by atoms with Crippen molar-refractivity contribution in [1.82, 2.24) is 10.2 Å². The number of amides is 2. The molecule has 1 fully saturated rings. The largest absolute Gasteiger partial charge is 0.376 e. The molecule has 1 saturated heterocycles. The fourth-order valence-corrected chi connectivity index (χ4v) is 2.56. The maximum Gasteiger partial charge on any atom is 0.242 e. The van der Waals surface area contributed by atoms with Gasteiger partial charge in [0, 0.05) is 30.7 Å². The minimum Gasteiger partial charge on any atom is -0.376 e. The van der Waals surface area contributed by atoms with Crippen LogP contribution in [-0.4, -0.2) is 41.9 Å². The number of benzene rings is 1. The van der Waals surface area contributed by atoms with Gasteiger partial charge in [-0.15, -0.1) is 0 Å². The average molecular weight is 300 g/mol. The Hall–Kier alpha value is -2.55. The standard InChI is InChI=1S/C16H20N4O2/c1-16(2)9-14(21)18-7-8-20(16)15(22)11-19-13-5-3-12(10-17)4-6-13/h3-6,19H,7-9,11H2,1-2H3,(H,18,21). The van der Waals surface area contributed by atoms with E-state index in [0.29, 0.717) is 25.1 Å². The second kappa shape index (κ2) is 6.48. The van der Waals surface area contributed by atoms with Crippen molar-refractivity contribution in [2.75, 3.05) is 25.0 Å². The average Bonchev–Trinajstić information content (AvgIpc) is 2.62. The first-order valence-corrected chi connectivity index (χ1v) is 7.23. The molecule has 0 aliphatic carbocycles. The summed E-state index contributed by atoms with van der Waals surface area (Å²) in [5.74, 6) is -0.0776. The van der Waals surface area contributed by atoms with Crippen LogP contribution in [0.5, 0.6) is 0 Å². The van der Waals surface area contributed by atoms with Crippen LogP contribution >= 0.6 is 0 Å². The molecule has 6 heteroatoms. The molecule has 0 spiro atoms. The van der Waals surface area contributed by atoms with E-state index in [-0.39, 0.29) is 18.4 Å². The van der Waals surface area contributed by atoms with E-state index in [1.807, 2.05) is 13.8 Å². The van der Waals surface area contributed by atoms with Gasteiger partial charge >= 0.3 is 0 Å². The topological polar surface area (TPSA) is 85.2 Å². The zero-order chi connectivity index (χ0) is 16.2. The molecule has 1 aliphatic heterocycles. The summed E-state index contributed by atoms with van der Waals surface area (Å²) in [5.41, 5.74) is 0.869. The lowest BCUT2D eigenvalue weighted by Crippen LogP contribution is -2.50. The van der Waals surface area contributed by atoms with Crippen LogP contribution in [0.2, 0.25) is 0 Å². The van der Waals surface area contributed by atoms with Gasteiger partial charge in [-0.1, -0.05) is 0 Å². The minimum atomic E-state index is -0.496. The van der Waals surface area contributed by atoms with Crippen molar-refractivity contribution in [3.05, 3.63) is 29.8 Å². The molecule has 116 valence electrons.